The molecule has 0 fully saturated rings. The number of hydrogen-bond donors (Lipinski definition) is 0. The Balaban J connectivity index is 1.91. The van der Waals surface area contributed by atoms with Crippen LogP contribution in [0.5, 0.6) is 5.75 Å². The van der Waals surface area contributed by atoms with E-state index in [-0.39, 0.29) is 16.7 Å². The van der Waals surface area contributed by atoms with E-state index >= 15 is 0 Å². The molecule has 138 valence electrons. The topological polar surface area (TPSA) is 63.7 Å². The molecule has 0 aliphatic carbocycles. The minimum absolute atomic E-state index is 0.0386. The van der Waals surface area contributed by atoms with Crippen molar-refractivity contribution in [2.75, 3.05) is 11.4 Å². The molecule has 2 aromatic rings. The quantitative estimate of drug-likeness (QED) is 0.763. The van der Waals surface area contributed by atoms with Gasteiger partial charge in [0.25, 0.3) is 0 Å². The van der Waals surface area contributed by atoms with Crippen LogP contribution >= 0.6 is 0 Å². The smallest absolute Gasteiger partial charge is 0.339 e. The number of anilines is 1. The van der Waals surface area contributed by atoms with Gasteiger partial charge in [0, 0.05) is 19.2 Å². The Kier molecular flexibility index (Phi) is 5.05. The van der Waals surface area contributed by atoms with Crippen molar-refractivity contribution in [3.8, 4) is 5.75 Å². The predicted molar refractivity (Wildman–Crippen MR) is 101 cm³/mol. The minimum Gasteiger partial charge on any atom is -0.379 e. The van der Waals surface area contributed by atoms with E-state index in [9.17, 15) is 13.2 Å². The molecule has 0 N–H and O–H groups in total. The third kappa shape index (κ3) is 3.75. The summed E-state index contributed by atoms with van der Waals surface area (Å²) < 4.78 is 30.7. The SMILES string of the molecule is CC(=O)N1CCCc2cc(S(=O)(=O)Oc3cccc(C(C)C)c3)ccc21. The molecule has 5 nitrogen and oxygen atoms in total. The molecule has 3 rings (SSSR count). The highest BCUT2D eigenvalue weighted by Crippen LogP contribution is 2.31. The first-order chi connectivity index (χ1) is 12.3. The van der Waals surface area contributed by atoms with Gasteiger partial charge in [-0.1, -0.05) is 26.0 Å². The highest BCUT2D eigenvalue weighted by atomic mass is 32.2. The van der Waals surface area contributed by atoms with E-state index < -0.39 is 10.1 Å². The zero-order valence-corrected chi connectivity index (χ0v) is 16.0. The maximum atomic E-state index is 12.7. The molecule has 0 spiro atoms. The van der Waals surface area contributed by atoms with Crippen molar-refractivity contribution in [2.24, 2.45) is 0 Å². The van der Waals surface area contributed by atoms with Crippen LogP contribution in [-0.4, -0.2) is 20.9 Å². The highest BCUT2D eigenvalue weighted by Gasteiger charge is 2.24. The van der Waals surface area contributed by atoms with E-state index in [1.54, 1.807) is 35.2 Å². The van der Waals surface area contributed by atoms with Gasteiger partial charge >= 0.3 is 10.1 Å². The lowest BCUT2D eigenvalue weighted by Gasteiger charge is -2.28. The first-order valence-corrected chi connectivity index (χ1v) is 10.1. The summed E-state index contributed by atoms with van der Waals surface area (Å²) in [5.74, 6) is 0.546. The molecule has 1 aliphatic heterocycles. The van der Waals surface area contributed by atoms with Crippen LogP contribution in [0, 0.1) is 0 Å². The Bertz CT molecular complexity index is 935. The van der Waals surface area contributed by atoms with Crippen molar-refractivity contribution in [2.45, 2.75) is 44.4 Å². The summed E-state index contributed by atoms with van der Waals surface area (Å²) in [5, 5.41) is 0. The molecule has 1 heterocycles. The second-order valence-corrected chi connectivity index (χ2v) is 8.38. The summed E-state index contributed by atoms with van der Waals surface area (Å²) in [6, 6.07) is 11.9. The van der Waals surface area contributed by atoms with Crippen molar-refractivity contribution < 1.29 is 17.4 Å². The molecule has 0 atom stereocenters. The molecule has 2 aromatic carbocycles. The molecule has 0 radical (unpaired) electrons. The van der Waals surface area contributed by atoms with E-state index in [2.05, 4.69) is 0 Å². The molecule has 0 unspecified atom stereocenters. The lowest BCUT2D eigenvalue weighted by Crippen LogP contribution is -2.33. The molecule has 1 amide bonds. The second kappa shape index (κ2) is 7.11. The Morgan fingerprint density at radius 2 is 1.92 bits per heavy atom. The van der Waals surface area contributed by atoms with E-state index in [1.807, 2.05) is 19.9 Å². The molecule has 0 saturated carbocycles. The Morgan fingerprint density at radius 3 is 2.62 bits per heavy atom. The fraction of sp³-hybridized carbons (Fsp3) is 0.350. The van der Waals surface area contributed by atoms with Gasteiger partial charge in [-0.05, 0) is 60.2 Å². The van der Waals surface area contributed by atoms with Gasteiger partial charge in [0.1, 0.15) is 10.6 Å². The number of benzene rings is 2. The van der Waals surface area contributed by atoms with Crippen LogP contribution in [0.2, 0.25) is 0 Å². The summed E-state index contributed by atoms with van der Waals surface area (Å²) in [5.41, 5.74) is 2.65. The lowest BCUT2D eigenvalue weighted by molar-refractivity contribution is -0.116. The monoisotopic (exact) mass is 373 g/mol. The molecular formula is C20H23NO4S. The van der Waals surface area contributed by atoms with Crippen molar-refractivity contribution >= 4 is 21.7 Å². The van der Waals surface area contributed by atoms with Gasteiger partial charge in [0.05, 0.1) is 0 Å². The Morgan fingerprint density at radius 1 is 1.15 bits per heavy atom. The van der Waals surface area contributed by atoms with Crippen molar-refractivity contribution in [1.82, 2.24) is 0 Å². The Labute approximate surface area is 154 Å². The molecule has 1 aliphatic rings. The van der Waals surface area contributed by atoms with E-state index in [0.29, 0.717) is 12.3 Å². The zero-order chi connectivity index (χ0) is 18.9. The standard InChI is InChI=1S/C20H23NO4S/c1-14(2)16-6-4-8-18(12-16)25-26(23,24)19-9-10-20-17(13-19)7-5-11-21(20)15(3)22/h4,6,8-10,12-14H,5,7,11H2,1-3H3. The highest BCUT2D eigenvalue weighted by molar-refractivity contribution is 7.87. The average molecular weight is 373 g/mol. The molecular weight excluding hydrogens is 350 g/mol. The molecule has 0 saturated heterocycles. The largest absolute Gasteiger partial charge is 0.379 e. The third-order valence-corrected chi connectivity index (χ3v) is 5.81. The number of fused-ring (bicyclic) bond motifs is 1. The van der Waals surface area contributed by atoms with Crippen LogP contribution < -0.4 is 9.08 Å². The number of carbonyl (C=O) groups excluding carboxylic acids is 1. The molecule has 26 heavy (non-hydrogen) atoms. The summed E-state index contributed by atoms with van der Waals surface area (Å²) in [6.07, 6.45) is 1.55. The minimum atomic E-state index is -3.93. The molecule has 0 aromatic heterocycles. The van der Waals surface area contributed by atoms with Gasteiger partial charge in [-0.3, -0.25) is 4.79 Å². The number of carbonyl (C=O) groups is 1. The van der Waals surface area contributed by atoms with Gasteiger partial charge in [-0.15, -0.1) is 0 Å². The van der Waals surface area contributed by atoms with Crippen molar-refractivity contribution in [1.29, 1.82) is 0 Å². The van der Waals surface area contributed by atoms with Crippen LogP contribution in [0.3, 0.4) is 0 Å². The van der Waals surface area contributed by atoms with Gasteiger partial charge in [-0.25, -0.2) is 0 Å². The van der Waals surface area contributed by atoms with E-state index in [1.165, 1.54) is 13.0 Å². The van der Waals surface area contributed by atoms with Crippen LogP contribution in [0.4, 0.5) is 5.69 Å². The molecule has 6 heteroatoms. The van der Waals surface area contributed by atoms with Crippen molar-refractivity contribution in [3.63, 3.8) is 0 Å². The van der Waals surface area contributed by atoms with Crippen LogP contribution in [0.1, 0.15) is 44.2 Å². The number of hydrogen-bond acceptors (Lipinski definition) is 4. The fourth-order valence-electron chi connectivity index (χ4n) is 3.16. The number of rotatable bonds is 4. The first-order valence-electron chi connectivity index (χ1n) is 8.73. The predicted octanol–water partition coefficient (Wildman–Crippen LogP) is 3.88. The summed E-state index contributed by atoms with van der Waals surface area (Å²) in [6.45, 7) is 6.26. The summed E-state index contributed by atoms with van der Waals surface area (Å²) in [4.78, 5) is 13.5. The van der Waals surface area contributed by atoms with E-state index in [0.717, 1.165) is 29.7 Å². The van der Waals surface area contributed by atoms with Gasteiger partial charge in [-0.2, -0.15) is 8.42 Å². The maximum Gasteiger partial charge on any atom is 0.339 e. The molecule has 0 bridgehead atoms. The van der Waals surface area contributed by atoms with Crippen LogP contribution in [0.25, 0.3) is 0 Å². The van der Waals surface area contributed by atoms with Crippen molar-refractivity contribution in [3.05, 3.63) is 53.6 Å². The lowest BCUT2D eigenvalue weighted by atomic mass is 10.0. The number of aryl methyl sites for hydroxylation is 1. The summed E-state index contributed by atoms with van der Waals surface area (Å²) in [7, 11) is -3.93. The van der Waals surface area contributed by atoms with Gasteiger partial charge in [0.2, 0.25) is 5.91 Å². The number of amides is 1. The fourth-order valence-corrected chi connectivity index (χ4v) is 4.13. The normalized spacial score (nSPS) is 14.2. The second-order valence-electron chi connectivity index (χ2n) is 6.83. The summed E-state index contributed by atoms with van der Waals surface area (Å²) >= 11 is 0. The number of nitrogens with zero attached hydrogens (tertiary/aromatic N) is 1. The maximum absolute atomic E-state index is 12.7. The first kappa shape index (κ1) is 18.5. The van der Waals surface area contributed by atoms with Gasteiger partial charge < -0.3 is 9.08 Å². The van der Waals surface area contributed by atoms with Crippen LogP contribution in [-0.2, 0) is 21.3 Å². The van der Waals surface area contributed by atoms with Crippen LogP contribution in [0.15, 0.2) is 47.4 Å². The Hall–Kier alpha value is -2.34. The van der Waals surface area contributed by atoms with Gasteiger partial charge in [0.15, 0.2) is 0 Å². The van der Waals surface area contributed by atoms with E-state index in [4.69, 9.17) is 4.18 Å². The average Bonchev–Trinajstić information content (AvgIpc) is 2.60. The third-order valence-electron chi connectivity index (χ3n) is 4.57. The zero-order valence-electron chi connectivity index (χ0n) is 15.2.